The Hall–Kier alpha value is -5.99. The lowest BCUT2D eigenvalue weighted by molar-refractivity contribution is 1.23. The molecular weight excluding hydrogens is 544 g/mol. The van der Waals surface area contributed by atoms with Crippen LogP contribution in [0, 0.1) is 0 Å². The Morgan fingerprint density at radius 1 is 0.378 bits per heavy atom. The number of aromatic nitrogens is 1. The second kappa shape index (κ2) is 10.3. The summed E-state index contributed by atoms with van der Waals surface area (Å²) in [6.45, 7) is 0. The summed E-state index contributed by atoms with van der Waals surface area (Å²) in [5.41, 5.74) is 13.2. The van der Waals surface area contributed by atoms with Gasteiger partial charge in [-0.05, 0) is 109 Å². The lowest BCUT2D eigenvalue weighted by Gasteiger charge is -2.26. The van der Waals surface area contributed by atoms with Gasteiger partial charge < -0.3 is 4.90 Å². The highest BCUT2D eigenvalue weighted by Gasteiger charge is 2.23. The molecule has 1 aromatic heterocycles. The molecule has 0 amide bonds. The third kappa shape index (κ3) is 4.15. The molecule has 0 fully saturated rings. The minimum atomic E-state index is 1.01. The summed E-state index contributed by atoms with van der Waals surface area (Å²) >= 11 is 0. The van der Waals surface area contributed by atoms with Gasteiger partial charge in [0.05, 0.1) is 11.9 Å². The van der Waals surface area contributed by atoms with Crippen LogP contribution in [0.25, 0.3) is 66.1 Å². The van der Waals surface area contributed by atoms with Gasteiger partial charge >= 0.3 is 0 Å². The van der Waals surface area contributed by atoms with Gasteiger partial charge in [-0.15, -0.1) is 0 Å². The molecule has 0 saturated carbocycles. The fourth-order valence-electron chi connectivity index (χ4n) is 7.10. The van der Waals surface area contributed by atoms with Crippen LogP contribution in [0.4, 0.5) is 17.1 Å². The molecule has 45 heavy (non-hydrogen) atoms. The Balaban J connectivity index is 1.34. The monoisotopic (exact) mass is 572 g/mol. The summed E-state index contributed by atoms with van der Waals surface area (Å²) in [5, 5.41) is 5.08. The van der Waals surface area contributed by atoms with Gasteiger partial charge in [-0.3, -0.25) is 4.98 Å². The van der Waals surface area contributed by atoms with E-state index in [9.17, 15) is 0 Å². The largest absolute Gasteiger partial charge is 0.309 e. The normalized spacial score (nSPS) is 11.6. The van der Waals surface area contributed by atoms with Crippen LogP contribution in [0.15, 0.2) is 170 Å². The third-order valence-electron chi connectivity index (χ3n) is 9.05. The number of pyridine rings is 1. The molecule has 9 rings (SSSR count). The topological polar surface area (TPSA) is 16.1 Å². The number of rotatable bonds is 5. The highest BCUT2D eigenvalue weighted by Crippen LogP contribution is 2.50. The molecule has 7 aromatic carbocycles. The van der Waals surface area contributed by atoms with E-state index in [0.29, 0.717) is 0 Å². The van der Waals surface area contributed by atoms with Gasteiger partial charge in [-0.25, -0.2) is 0 Å². The summed E-state index contributed by atoms with van der Waals surface area (Å²) < 4.78 is 0. The average molecular weight is 573 g/mol. The molecule has 2 nitrogen and oxygen atoms in total. The Kier molecular flexibility index (Phi) is 5.85. The van der Waals surface area contributed by atoms with Crippen LogP contribution in [0.5, 0.6) is 0 Å². The number of para-hydroxylation sites is 1. The number of nitrogens with zero attached hydrogens (tertiary/aromatic N) is 2. The molecule has 0 saturated heterocycles. The van der Waals surface area contributed by atoms with Crippen LogP contribution in [-0.2, 0) is 0 Å². The second-order valence-electron chi connectivity index (χ2n) is 11.6. The zero-order chi connectivity index (χ0) is 29.7. The quantitative estimate of drug-likeness (QED) is 0.204. The highest BCUT2D eigenvalue weighted by molar-refractivity contribution is 6.19. The van der Waals surface area contributed by atoms with Crippen molar-refractivity contribution in [3.8, 4) is 44.5 Å². The maximum Gasteiger partial charge on any atom is 0.0644 e. The standard InChI is InChI=1S/C43H28N2/c1-2-13-32(14-3-1)45(33-15-10-24-44-28-33)34-26-30(36-19-8-12-29-11-4-5-16-35(29)36)25-31(27-34)37-22-23-42-39-18-7-6-17-38(39)41-21-9-20-40(37)43(41)42/h1-28H. The molecular formula is C43H28N2. The van der Waals surface area contributed by atoms with E-state index in [4.69, 9.17) is 0 Å². The van der Waals surface area contributed by atoms with Crippen LogP contribution in [0.3, 0.4) is 0 Å². The van der Waals surface area contributed by atoms with Crippen molar-refractivity contribution in [2.45, 2.75) is 0 Å². The molecule has 1 aliphatic rings. The van der Waals surface area contributed by atoms with Crippen LogP contribution in [-0.4, -0.2) is 4.98 Å². The second-order valence-corrected chi connectivity index (χ2v) is 11.6. The van der Waals surface area contributed by atoms with Crippen LogP contribution >= 0.6 is 0 Å². The molecule has 0 radical (unpaired) electrons. The molecule has 1 heterocycles. The van der Waals surface area contributed by atoms with Crippen molar-refractivity contribution in [2.24, 2.45) is 0 Å². The Bertz CT molecular complexity index is 2300. The lowest BCUT2D eigenvalue weighted by atomic mass is 9.90. The molecule has 0 spiro atoms. The SMILES string of the molecule is c1ccc(N(c2cccnc2)c2cc(-c3cccc4ccccc34)cc(-c3ccc4c5c(cccc35)-c3ccccc3-4)c2)cc1. The van der Waals surface area contributed by atoms with Crippen molar-refractivity contribution in [3.05, 3.63) is 170 Å². The predicted octanol–water partition coefficient (Wildman–Crippen LogP) is 11.8. The zero-order valence-corrected chi connectivity index (χ0v) is 24.6. The van der Waals surface area contributed by atoms with Gasteiger partial charge in [0.1, 0.15) is 0 Å². The van der Waals surface area contributed by atoms with Crippen molar-refractivity contribution in [1.29, 1.82) is 0 Å². The van der Waals surface area contributed by atoms with E-state index in [1.54, 1.807) is 0 Å². The molecule has 210 valence electrons. The highest BCUT2D eigenvalue weighted by atomic mass is 15.1. The van der Waals surface area contributed by atoms with Gasteiger partial charge in [0, 0.05) is 17.6 Å². The fraction of sp³-hybridized carbons (Fsp3) is 0. The number of anilines is 3. The number of hydrogen-bond donors (Lipinski definition) is 0. The molecule has 0 unspecified atom stereocenters. The number of fused-ring (bicyclic) bond motifs is 4. The first kappa shape index (κ1) is 25.5. The van der Waals surface area contributed by atoms with Crippen molar-refractivity contribution < 1.29 is 0 Å². The molecule has 0 bridgehead atoms. The van der Waals surface area contributed by atoms with E-state index < -0.39 is 0 Å². The molecule has 2 heteroatoms. The summed E-state index contributed by atoms with van der Waals surface area (Å²) in [7, 11) is 0. The summed E-state index contributed by atoms with van der Waals surface area (Å²) in [4.78, 5) is 6.81. The van der Waals surface area contributed by atoms with E-state index in [1.807, 2.05) is 18.5 Å². The van der Waals surface area contributed by atoms with Crippen molar-refractivity contribution in [3.63, 3.8) is 0 Å². The first-order valence-electron chi connectivity index (χ1n) is 15.4. The van der Waals surface area contributed by atoms with Gasteiger partial charge in [0.15, 0.2) is 0 Å². The minimum Gasteiger partial charge on any atom is -0.309 e. The molecule has 0 aliphatic heterocycles. The Labute approximate surface area is 262 Å². The van der Waals surface area contributed by atoms with Gasteiger partial charge in [-0.2, -0.15) is 0 Å². The fourth-order valence-corrected chi connectivity index (χ4v) is 7.10. The smallest absolute Gasteiger partial charge is 0.0644 e. The first-order valence-corrected chi connectivity index (χ1v) is 15.4. The van der Waals surface area contributed by atoms with E-state index in [-0.39, 0.29) is 0 Å². The average Bonchev–Trinajstić information content (AvgIpc) is 3.44. The Morgan fingerprint density at radius 2 is 0.956 bits per heavy atom. The maximum atomic E-state index is 4.50. The molecule has 0 N–H and O–H groups in total. The Morgan fingerprint density at radius 3 is 1.76 bits per heavy atom. The van der Waals surface area contributed by atoms with Crippen molar-refractivity contribution in [1.82, 2.24) is 4.98 Å². The summed E-state index contributed by atoms with van der Waals surface area (Å²) in [5.74, 6) is 0. The van der Waals surface area contributed by atoms with E-state index in [0.717, 1.165) is 17.1 Å². The van der Waals surface area contributed by atoms with E-state index in [1.165, 1.54) is 66.1 Å². The maximum absolute atomic E-state index is 4.50. The first-order chi connectivity index (χ1) is 22.3. The lowest BCUT2D eigenvalue weighted by Crippen LogP contribution is -2.10. The van der Waals surface area contributed by atoms with Crippen molar-refractivity contribution in [2.75, 3.05) is 4.90 Å². The van der Waals surface area contributed by atoms with Crippen LogP contribution in [0.1, 0.15) is 0 Å². The third-order valence-corrected chi connectivity index (χ3v) is 9.05. The van der Waals surface area contributed by atoms with E-state index in [2.05, 4.69) is 162 Å². The van der Waals surface area contributed by atoms with E-state index >= 15 is 0 Å². The zero-order valence-electron chi connectivity index (χ0n) is 24.6. The number of benzene rings is 7. The minimum absolute atomic E-state index is 1.01. The summed E-state index contributed by atoms with van der Waals surface area (Å²) in [6.07, 6.45) is 3.77. The number of hydrogen-bond acceptors (Lipinski definition) is 2. The van der Waals surface area contributed by atoms with Crippen LogP contribution in [0.2, 0.25) is 0 Å². The van der Waals surface area contributed by atoms with Gasteiger partial charge in [0.25, 0.3) is 0 Å². The predicted molar refractivity (Wildman–Crippen MR) is 189 cm³/mol. The van der Waals surface area contributed by atoms with Gasteiger partial charge in [0.2, 0.25) is 0 Å². The molecule has 1 aliphatic carbocycles. The molecule has 8 aromatic rings. The van der Waals surface area contributed by atoms with Gasteiger partial charge in [-0.1, -0.05) is 115 Å². The van der Waals surface area contributed by atoms with Crippen LogP contribution < -0.4 is 4.90 Å². The van der Waals surface area contributed by atoms with Crippen molar-refractivity contribution >= 4 is 38.6 Å². The molecule has 0 atom stereocenters. The summed E-state index contributed by atoms with van der Waals surface area (Å²) in [6, 6.07) is 57.1.